The molecule has 3 amide bonds. The molecule has 0 spiro atoms. The molecule has 47 heavy (non-hydrogen) atoms. The molecule has 3 N–H and O–H groups in total. The van der Waals surface area contributed by atoms with E-state index in [1.54, 1.807) is 49.9 Å². The molecule has 3 aromatic rings. The van der Waals surface area contributed by atoms with Crippen molar-refractivity contribution in [2.75, 3.05) is 6.54 Å². The lowest BCUT2D eigenvalue weighted by molar-refractivity contribution is -0.142. The number of benzene rings is 3. The normalized spacial score (nSPS) is 12.6. The molecule has 0 aliphatic carbocycles. The minimum absolute atomic E-state index is 0.103. The van der Waals surface area contributed by atoms with Crippen LogP contribution in [0.1, 0.15) is 100 Å². The molecule has 0 aliphatic heterocycles. The molecule has 0 bridgehead atoms. The van der Waals surface area contributed by atoms with Gasteiger partial charge in [0, 0.05) is 19.5 Å². The van der Waals surface area contributed by atoms with Gasteiger partial charge in [0.15, 0.2) is 0 Å². The molecule has 2 atom stereocenters. The number of nitrogens with zero attached hydrogens (tertiary/aromatic N) is 1. The number of hydrogen-bond acceptors (Lipinski definition) is 5. The molecule has 0 heterocycles. The lowest BCUT2D eigenvalue weighted by atomic mass is 9.95. The van der Waals surface area contributed by atoms with Crippen LogP contribution in [0, 0.1) is 13.8 Å². The minimum atomic E-state index is -1.02. The molecular formula is C39H53N3O5. The summed E-state index contributed by atoms with van der Waals surface area (Å²) in [6, 6.07) is 20.2. The molecule has 8 nitrogen and oxygen atoms in total. The topological polar surface area (TPSA) is 108 Å². The van der Waals surface area contributed by atoms with Gasteiger partial charge in [0.25, 0.3) is 0 Å². The standard InChI is InChI=1S/C39H53N3O5/c1-7-8-9-10-11-15-24-42(37(45)34(41-38(46)47-39(4,5)6)26-30-19-21-32(43)22-20-30)35(33-23-18-28(2)25-29(33)3)36(44)40-27-31-16-13-12-14-17-31/h12-14,16-23,25,34-35,43H,7-11,15,24,26-27H2,1-6H3,(H,40,44)(H,41,46). The number of rotatable bonds is 16. The van der Waals surface area contributed by atoms with Crippen LogP contribution in [0.3, 0.4) is 0 Å². The minimum Gasteiger partial charge on any atom is -0.508 e. The van der Waals surface area contributed by atoms with Crippen LogP contribution in [0.4, 0.5) is 4.79 Å². The van der Waals surface area contributed by atoms with E-state index >= 15 is 0 Å². The maximum absolute atomic E-state index is 14.8. The van der Waals surface area contributed by atoms with E-state index in [1.165, 1.54) is 0 Å². The summed E-state index contributed by atoms with van der Waals surface area (Å²) < 4.78 is 5.56. The van der Waals surface area contributed by atoms with E-state index in [2.05, 4.69) is 17.6 Å². The van der Waals surface area contributed by atoms with Gasteiger partial charge in [0.05, 0.1) is 0 Å². The van der Waals surface area contributed by atoms with E-state index in [4.69, 9.17) is 4.74 Å². The van der Waals surface area contributed by atoms with Gasteiger partial charge in [-0.2, -0.15) is 0 Å². The molecule has 0 saturated heterocycles. The van der Waals surface area contributed by atoms with Gasteiger partial charge in [0.1, 0.15) is 23.4 Å². The number of carbonyl (C=O) groups is 3. The largest absolute Gasteiger partial charge is 0.508 e. The maximum atomic E-state index is 14.8. The van der Waals surface area contributed by atoms with Crippen molar-refractivity contribution in [1.82, 2.24) is 15.5 Å². The average molecular weight is 644 g/mol. The molecule has 0 aliphatic rings. The molecule has 254 valence electrons. The zero-order chi connectivity index (χ0) is 34.4. The van der Waals surface area contributed by atoms with E-state index in [0.717, 1.165) is 59.9 Å². The zero-order valence-corrected chi connectivity index (χ0v) is 29.0. The van der Waals surface area contributed by atoms with Crippen molar-refractivity contribution in [2.24, 2.45) is 0 Å². The third-order valence-corrected chi connectivity index (χ3v) is 7.99. The van der Waals surface area contributed by atoms with Gasteiger partial charge in [-0.05, 0) is 75.4 Å². The molecule has 3 aromatic carbocycles. The lowest BCUT2D eigenvalue weighted by Crippen LogP contribution is -2.54. The Hall–Kier alpha value is -4.33. The van der Waals surface area contributed by atoms with Gasteiger partial charge in [-0.15, -0.1) is 0 Å². The molecule has 0 radical (unpaired) electrons. The molecule has 0 fully saturated rings. The monoisotopic (exact) mass is 643 g/mol. The second kappa shape index (κ2) is 18.1. The Balaban J connectivity index is 2.04. The first-order chi connectivity index (χ1) is 22.4. The molecular weight excluding hydrogens is 590 g/mol. The third kappa shape index (κ3) is 12.4. The first kappa shape index (κ1) is 37.1. The highest BCUT2D eigenvalue weighted by Gasteiger charge is 2.37. The van der Waals surface area contributed by atoms with Crippen LogP contribution in [-0.4, -0.2) is 46.1 Å². The van der Waals surface area contributed by atoms with Crippen LogP contribution in [0.15, 0.2) is 72.8 Å². The van der Waals surface area contributed by atoms with Crippen molar-refractivity contribution in [2.45, 2.75) is 111 Å². The van der Waals surface area contributed by atoms with E-state index in [-0.39, 0.29) is 24.0 Å². The smallest absolute Gasteiger partial charge is 0.408 e. The predicted octanol–water partition coefficient (Wildman–Crippen LogP) is 7.69. The summed E-state index contributed by atoms with van der Waals surface area (Å²) in [4.78, 5) is 43.8. The molecule has 0 saturated carbocycles. The maximum Gasteiger partial charge on any atom is 0.408 e. The number of amides is 3. The summed E-state index contributed by atoms with van der Waals surface area (Å²) in [6.07, 6.45) is 5.50. The Labute approximate surface area is 280 Å². The number of aromatic hydroxyl groups is 1. The lowest BCUT2D eigenvalue weighted by Gasteiger charge is -2.35. The van der Waals surface area contributed by atoms with Gasteiger partial charge in [-0.3, -0.25) is 9.59 Å². The van der Waals surface area contributed by atoms with Crippen LogP contribution in [0.25, 0.3) is 0 Å². The van der Waals surface area contributed by atoms with Crippen molar-refractivity contribution < 1.29 is 24.2 Å². The van der Waals surface area contributed by atoms with Crippen LogP contribution in [0.2, 0.25) is 0 Å². The fraction of sp³-hybridized carbons (Fsp3) is 0.462. The quantitative estimate of drug-likeness (QED) is 0.139. The van der Waals surface area contributed by atoms with Crippen LogP contribution >= 0.6 is 0 Å². The second-order valence-corrected chi connectivity index (χ2v) is 13.3. The van der Waals surface area contributed by atoms with Crippen molar-refractivity contribution in [1.29, 1.82) is 0 Å². The highest BCUT2D eigenvalue weighted by Crippen LogP contribution is 2.28. The number of unbranched alkanes of at least 4 members (excludes halogenated alkanes) is 5. The first-order valence-electron chi connectivity index (χ1n) is 16.8. The van der Waals surface area contributed by atoms with E-state index in [9.17, 15) is 19.5 Å². The number of alkyl carbamates (subject to hydrolysis) is 1. The number of hydrogen-bond donors (Lipinski definition) is 3. The van der Waals surface area contributed by atoms with Gasteiger partial charge in [0.2, 0.25) is 11.8 Å². The van der Waals surface area contributed by atoms with E-state index in [0.29, 0.717) is 19.5 Å². The number of carbonyl (C=O) groups excluding carboxylic acids is 3. The number of nitrogens with one attached hydrogen (secondary N) is 2. The van der Waals surface area contributed by atoms with Crippen molar-refractivity contribution >= 4 is 17.9 Å². The second-order valence-electron chi connectivity index (χ2n) is 13.3. The Morgan fingerprint density at radius 2 is 1.51 bits per heavy atom. The van der Waals surface area contributed by atoms with Gasteiger partial charge < -0.3 is 25.4 Å². The average Bonchev–Trinajstić information content (AvgIpc) is 3.01. The van der Waals surface area contributed by atoms with E-state index < -0.39 is 23.8 Å². The van der Waals surface area contributed by atoms with E-state index in [1.807, 2.05) is 62.4 Å². The van der Waals surface area contributed by atoms with Gasteiger partial charge in [-0.1, -0.05) is 105 Å². The Morgan fingerprint density at radius 1 is 0.851 bits per heavy atom. The first-order valence-corrected chi connectivity index (χ1v) is 16.8. The Morgan fingerprint density at radius 3 is 2.15 bits per heavy atom. The predicted molar refractivity (Wildman–Crippen MR) is 187 cm³/mol. The summed E-state index contributed by atoms with van der Waals surface area (Å²) in [5, 5.41) is 15.8. The molecule has 8 heteroatoms. The van der Waals surface area contributed by atoms with Crippen LogP contribution in [-0.2, 0) is 27.3 Å². The number of phenols is 1. The van der Waals surface area contributed by atoms with Gasteiger partial charge >= 0.3 is 6.09 Å². The third-order valence-electron chi connectivity index (χ3n) is 7.99. The van der Waals surface area contributed by atoms with Gasteiger partial charge in [-0.25, -0.2) is 4.79 Å². The van der Waals surface area contributed by atoms with Crippen molar-refractivity contribution in [3.05, 3.63) is 101 Å². The number of ether oxygens (including phenoxy) is 1. The highest BCUT2D eigenvalue weighted by molar-refractivity contribution is 5.92. The van der Waals surface area contributed by atoms with Crippen LogP contribution < -0.4 is 10.6 Å². The fourth-order valence-corrected chi connectivity index (χ4v) is 5.61. The summed E-state index contributed by atoms with van der Waals surface area (Å²) >= 11 is 0. The van der Waals surface area contributed by atoms with Crippen molar-refractivity contribution in [3.63, 3.8) is 0 Å². The Bertz CT molecular complexity index is 1430. The number of phenolic OH excluding ortho intramolecular Hbond substituents is 1. The summed E-state index contributed by atoms with van der Waals surface area (Å²) in [5.74, 6) is -0.565. The molecule has 2 unspecified atom stereocenters. The molecule has 3 rings (SSSR count). The fourth-order valence-electron chi connectivity index (χ4n) is 5.61. The van der Waals surface area contributed by atoms with Crippen molar-refractivity contribution in [3.8, 4) is 5.75 Å². The number of aryl methyl sites for hydroxylation is 2. The highest BCUT2D eigenvalue weighted by atomic mass is 16.6. The Kier molecular flexibility index (Phi) is 14.3. The SMILES string of the molecule is CCCCCCCCN(C(=O)C(Cc1ccc(O)cc1)NC(=O)OC(C)(C)C)C(C(=O)NCc1ccccc1)c1ccc(C)cc1C. The summed E-state index contributed by atoms with van der Waals surface area (Å²) in [7, 11) is 0. The van der Waals surface area contributed by atoms with Crippen LogP contribution in [0.5, 0.6) is 5.75 Å². The summed E-state index contributed by atoms with van der Waals surface area (Å²) in [5.41, 5.74) is 3.62. The molecule has 0 aromatic heterocycles. The zero-order valence-electron chi connectivity index (χ0n) is 29.0. The summed E-state index contributed by atoms with van der Waals surface area (Å²) in [6.45, 7) is 12.1.